The Balaban J connectivity index is 1.58. The number of nitrogens with one attached hydrogen (secondary N) is 1. The summed E-state index contributed by atoms with van der Waals surface area (Å²) in [7, 11) is 7.61. The number of H-pyrrole nitrogens is 1. The van der Waals surface area contributed by atoms with Gasteiger partial charge in [0.05, 0.1) is 11.9 Å². The Kier molecular flexibility index (Phi) is 5.09. The first-order valence-electron chi connectivity index (χ1n) is 9.33. The van der Waals surface area contributed by atoms with Gasteiger partial charge in [0.25, 0.3) is 0 Å². The molecule has 0 amide bonds. The standard InChI is InChI=1S/C20H22BN5O/c1-26(16-5-3-2-4-6-16)20-10-9-18(24-25-20)17-8-7-14(11-19(17)27-21)15-12-22-23-13-15/h7-13,16H,2-6H2,1H3,(H,22,23). The van der Waals surface area contributed by atoms with Crippen LogP contribution < -0.4 is 9.55 Å². The Labute approximate surface area is 160 Å². The molecule has 1 aromatic carbocycles. The van der Waals surface area contributed by atoms with Gasteiger partial charge in [-0.1, -0.05) is 25.3 Å². The Morgan fingerprint density at radius 3 is 2.59 bits per heavy atom. The van der Waals surface area contributed by atoms with Crippen molar-refractivity contribution in [1.29, 1.82) is 0 Å². The molecule has 6 nitrogen and oxygen atoms in total. The summed E-state index contributed by atoms with van der Waals surface area (Å²) >= 11 is 0. The summed E-state index contributed by atoms with van der Waals surface area (Å²) in [5, 5.41) is 15.6. The lowest BCUT2D eigenvalue weighted by Crippen LogP contribution is -2.34. The molecular formula is C20H22BN5O. The summed E-state index contributed by atoms with van der Waals surface area (Å²) in [5.41, 5.74) is 3.48. The number of anilines is 1. The van der Waals surface area contributed by atoms with E-state index in [1.807, 2.05) is 36.5 Å². The molecule has 1 fully saturated rings. The number of hydrogen-bond acceptors (Lipinski definition) is 5. The molecule has 2 radical (unpaired) electrons. The fraction of sp³-hybridized carbons (Fsp3) is 0.350. The van der Waals surface area contributed by atoms with Gasteiger partial charge in [-0.25, -0.2) is 0 Å². The molecule has 1 aliphatic rings. The van der Waals surface area contributed by atoms with Crippen LogP contribution in [0.2, 0.25) is 0 Å². The zero-order valence-corrected chi connectivity index (χ0v) is 15.4. The Morgan fingerprint density at radius 1 is 1.07 bits per heavy atom. The zero-order chi connectivity index (χ0) is 18.6. The van der Waals surface area contributed by atoms with Crippen LogP contribution in [0.25, 0.3) is 22.4 Å². The topological polar surface area (TPSA) is 66.9 Å². The van der Waals surface area contributed by atoms with Crippen LogP contribution in [-0.2, 0) is 0 Å². The van der Waals surface area contributed by atoms with Crippen molar-refractivity contribution in [1.82, 2.24) is 20.4 Å². The minimum absolute atomic E-state index is 0.552. The van der Waals surface area contributed by atoms with E-state index in [0.717, 1.165) is 28.2 Å². The van der Waals surface area contributed by atoms with Crippen LogP contribution in [0.3, 0.4) is 0 Å². The van der Waals surface area contributed by atoms with Crippen molar-refractivity contribution < 1.29 is 4.65 Å². The van der Waals surface area contributed by atoms with Gasteiger partial charge in [0, 0.05) is 30.4 Å². The summed E-state index contributed by atoms with van der Waals surface area (Å²) < 4.78 is 5.10. The highest BCUT2D eigenvalue weighted by Crippen LogP contribution is 2.33. The summed E-state index contributed by atoms with van der Waals surface area (Å²) in [5.74, 6) is 1.45. The maximum Gasteiger partial charge on any atom is 0.374 e. The third kappa shape index (κ3) is 3.67. The quantitative estimate of drug-likeness (QED) is 0.703. The molecule has 136 valence electrons. The average molecular weight is 359 g/mol. The van der Waals surface area contributed by atoms with Crippen molar-refractivity contribution in [3.8, 4) is 28.1 Å². The van der Waals surface area contributed by atoms with E-state index < -0.39 is 0 Å². The van der Waals surface area contributed by atoms with Crippen molar-refractivity contribution in [2.45, 2.75) is 38.1 Å². The lowest BCUT2D eigenvalue weighted by atomic mass is 9.94. The molecule has 0 atom stereocenters. The Morgan fingerprint density at radius 2 is 1.93 bits per heavy atom. The van der Waals surface area contributed by atoms with Crippen LogP contribution in [0, 0.1) is 0 Å². The predicted octanol–water partition coefficient (Wildman–Crippen LogP) is 3.76. The second kappa shape index (κ2) is 7.82. The number of rotatable bonds is 5. The third-order valence-electron chi connectivity index (χ3n) is 5.35. The zero-order valence-electron chi connectivity index (χ0n) is 15.4. The van der Waals surface area contributed by atoms with Gasteiger partial charge in [0.2, 0.25) is 0 Å². The SMILES string of the molecule is [B]Oc1cc(-c2cn[nH]c2)ccc1-c1ccc(N(C)C2CCCCC2)nn1. The van der Waals surface area contributed by atoms with Crippen molar-refractivity contribution in [3.63, 3.8) is 0 Å². The van der Waals surface area contributed by atoms with Gasteiger partial charge in [-0.3, -0.25) is 5.10 Å². The highest BCUT2D eigenvalue weighted by molar-refractivity contribution is 6.01. The summed E-state index contributed by atoms with van der Waals surface area (Å²) in [6, 6.07) is 10.4. The second-order valence-corrected chi connectivity index (χ2v) is 7.00. The first-order valence-corrected chi connectivity index (χ1v) is 9.33. The summed E-state index contributed by atoms with van der Waals surface area (Å²) in [4.78, 5) is 2.25. The molecule has 2 aromatic heterocycles. The number of hydrogen-bond donors (Lipinski definition) is 1. The van der Waals surface area contributed by atoms with E-state index in [0.29, 0.717) is 11.8 Å². The van der Waals surface area contributed by atoms with Gasteiger partial charge < -0.3 is 9.55 Å². The highest BCUT2D eigenvalue weighted by Gasteiger charge is 2.19. The van der Waals surface area contributed by atoms with Gasteiger partial charge in [0.15, 0.2) is 5.82 Å². The molecule has 2 heterocycles. The smallest absolute Gasteiger partial charge is 0.374 e. The lowest BCUT2D eigenvalue weighted by Gasteiger charge is -2.31. The van der Waals surface area contributed by atoms with E-state index in [1.165, 1.54) is 32.1 Å². The molecule has 27 heavy (non-hydrogen) atoms. The van der Waals surface area contributed by atoms with Crippen molar-refractivity contribution in [2.24, 2.45) is 0 Å². The van der Waals surface area contributed by atoms with Gasteiger partial charge in [-0.15, -0.1) is 10.2 Å². The van der Waals surface area contributed by atoms with Gasteiger partial charge in [-0.05, 0) is 42.7 Å². The van der Waals surface area contributed by atoms with Crippen molar-refractivity contribution in [2.75, 3.05) is 11.9 Å². The minimum atomic E-state index is 0.552. The highest BCUT2D eigenvalue weighted by atomic mass is 16.4. The van der Waals surface area contributed by atoms with Crippen LogP contribution in [0.4, 0.5) is 5.82 Å². The summed E-state index contributed by atoms with van der Waals surface area (Å²) in [6.45, 7) is 0. The van der Waals surface area contributed by atoms with E-state index in [4.69, 9.17) is 12.7 Å². The second-order valence-electron chi connectivity index (χ2n) is 7.00. The largest absolute Gasteiger partial charge is 0.567 e. The van der Waals surface area contributed by atoms with Crippen LogP contribution in [-0.4, -0.2) is 41.5 Å². The first kappa shape index (κ1) is 17.6. The average Bonchev–Trinajstić information content (AvgIpc) is 3.28. The first-order chi connectivity index (χ1) is 13.3. The molecule has 1 saturated carbocycles. The predicted molar refractivity (Wildman–Crippen MR) is 107 cm³/mol. The Hall–Kier alpha value is -2.83. The molecule has 0 unspecified atom stereocenters. The molecule has 0 aliphatic heterocycles. The van der Waals surface area contributed by atoms with Crippen molar-refractivity contribution >= 4 is 13.9 Å². The number of aromatic nitrogens is 4. The van der Waals surface area contributed by atoms with Crippen LogP contribution in [0.1, 0.15) is 32.1 Å². The monoisotopic (exact) mass is 359 g/mol. The number of benzene rings is 1. The molecule has 0 spiro atoms. The molecule has 3 aromatic rings. The molecule has 4 rings (SSSR count). The molecule has 0 saturated heterocycles. The number of aromatic amines is 1. The molecule has 7 heteroatoms. The van der Waals surface area contributed by atoms with E-state index in [9.17, 15) is 0 Å². The third-order valence-corrected chi connectivity index (χ3v) is 5.35. The van der Waals surface area contributed by atoms with E-state index in [1.54, 1.807) is 6.20 Å². The Bertz CT molecular complexity index is 876. The lowest BCUT2D eigenvalue weighted by molar-refractivity contribution is 0.425. The minimum Gasteiger partial charge on any atom is -0.567 e. The van der Waals surface area contributed by atoms with Crippen LogP contribution in [0.5, 0.6) is 5.75 Å². The molecule has 0 bridgehead atoms. The van der Waals surface area contributed by atoms with Gasteiger partial charge >= 0.3 is 8.05 Å². The van der Waals surface area contributed by atoms with Crippen LogP contribution in [0.15, 0.2) is 42.7 Å². The van der Waals surface area contributed by atoms with Gasteiger partial charge in [0.1, 0.15) is 5.75 Å². The van der Waals surface area contributed by atoms with Gasteiger partial charge in [-0.2, -0.15) is 5.10 Å². The van der Waals surface area contributed by atoms with E-state index in [-0.39, 0.29) is 0 Å². The summed E-state index contributed by atoms with van der Waals surface area (Å²) in [6.07, 6.45) is 9.95. The maximum absolute atomic E-state index is 5.51. The molecular weight excluding hydrogens is 337 g/mol. The fourth-order valence-electron chi connectivity index (χ4n) is 3.73. The normalized spacial score (nSPS) is 14.9. The molecule has 1 aliphatic carbocycles. The maximum atomic E-state index is 5.51. The van der Waals surface area contributed by atoms with E-state index >= 15 is 0 Å². The number of nitrogens with zero attached hydrogens (tertiary/aromatic N) is 4. The van der Waals surface area contributed by atoms with Crippen LogP contribution >= 0.6 is 0 Å². The molecule has 1 N–H and O–H groups in total. The van der Waals surface area contributed by atoms with Crippen molar-refractivity contribution in [3.05, 3.63) is 42.7 Å². The fourth-order valence-corrected chi connectivity index (χ4v) is 3.73. The van der Waals surface area contributed by atoms with E-state index in [2.05, 4.69) is 32.3 Å².